The number of ether oxygens (including phenoxy) is 1. The van der Waals surface area contributed by atoms with E-state index in [9.17, 15) is 5.11 Å². The molecular weight excluding hydrogens is 202 g/mol. The molecule has 0 bridgehead atoms. The van der Waals surface area contributed by atoms with Crippen molar-refractivity contribution < 1.29 is 9.84 Å². The van der Waals surface area contributed by atoms with Crippen LogP contribution in [-0.4, -0.2) is 48.0 Å². The highest BCUT2D eigenvalue weighted by atomic mass is 16.5. The minimum absolute atomic E-state index is 0.0378. The molecule has 2 unspecified atom stereocenters. The van der Waals surface area contributed by atoms with E-state index in [0.29, 0.717) is 5.92 Å². The first-order chi connectivity index (χ1) is 7.59. The predicted octanol–water partition coefficient (Wildman–Crippen LogP) is 1.65. The molecule has 3 nitrogen and oxygen atoms in total. The molecule has 1 heterocycles. The number of morpholine rings is 1. The number of hydrogen-bond acceptors (Lipinski definition) is 3. The molecule has 0 amide bonds. The summed E-state index contributed by atoms with van der Waals surface area (Å²) in [4.78, 5) is 2.52. The summed E-state index contributed by atoms with van der Waals surface area (Å²) in [7, 11) is 0. The number of hydrogen-bond donors (Lipinski definition) is 1. The molecule has 2 rings (SSSR count). The molecule has 1 N–H and O–H groups in total. The average molecular weight is 227 g/mol. The lowest BCUT2D eigenvalue weighted by Crippen LogP contribution is -2.53. The zero-order valence-electron chi connectivity index (χ0n) is 10.6. The zero-order chi connectivity index (χ0) is 11.6. The maximum atomic E-state index is 9.81. The fourth-order valence-corrected chi connectivity index (χ4v) is 2.98. The van der Waals surface area contributed by atoms with Crippen LogP contribution in [0, 0.1) is 5.92 Å². The fourth-order valence-electron chi connectivity index (χ4n) is 2.98. The van der Waals surface area contributed by atoms with Crippen LogP contribution < -0.4 is 0 Å². The van der Waals surface area contributed by atoms with Crippen molar-refractivity contribution in [3.63, 3.8) is 0 Å². The topological polar surface area (TPSA) is 32.7 Å². The van der Waals surface area contributed by atoms with E-state index in [1.54, 1.807) is 0 Å². The van der Waals surface area contributed by atoms with E-state index in [-0.39, 0.29) is 11.6 Å². The Morgan fingerprint density at radius 1 is 1.38 bits per heavy atom. The smallest absolute Gasteiger partial charge is 0.0645 e. The van der Waals surface area contributed by atoms with Gasteiger partial charge in [-0.2, -0.15) is 0 Å². The molecule has 94 valence electrons. The third kappa shape index (κ3) is 2.76. The number of nitrogens with zero attached hydrogens (tertiary/aromatic N) is 1. The Balaban J connectivity index is 1.80. The van der Waals surface area contributed by atoms with Gasteiger partial charge in [-0.05, 0) is 45.6 Å². The van der Waals surface area contributed by atoms with E-state index >= 15 is 0 Å². The van der Waals surface area contributed by atoms with Crippen molar-refractivity contribution in [2.75, 3.05) is 26.3 Å². The van der Waals surface area contributed by atoms with Crippen LogP contribution in [-0.2, 0) is 4.74 Å². The molecule has 0 aromatic carbocycles. The van der Waals surface area contributed by atoms with Crippen molar-refractivity contribution in [1.82, 2.24) is 4.90 Å². The molecule has 2 aliphatic rings. The molecule has 3 heteroatoms. The van der Waals surface area contributed by atoms with E-state index in [0.717, 1.165) is 39.1 Å². The Morgan fingerprint density at radius 2 is 2.19 bits per heavy atom. The van der Waals surface area contributed by atoms with Crippen molar-refractivity contribution in [3.8, 4) is 0 Å². The van der Waals surface area contributed by atoms with Crippen LogP contribution >= 0.6 is 0 Å². The normalized spacial score (nSPS) is 35.4. The van der Waals surface area contributed by atoms with Crippen LogP contribution in [0.3, 0.4) is 0 Å². The van der Waals surface area contributed by atoms with Crippen LogP contribution in [0.1, 0.15) is 39.5 Å². The van der Waals surface area contributed by atoms with Crippen LogP contribution in [0.5, 0.6) is 0 Å². The maximum absolute atomic E-state index is 9.81. The second-order valence-electron chi connectivity index (χ2n) is 5.90. The molecule has 16 heavy (non-hydrogen) atoms. The lowest BCUT2D eigenvalue weighted by molar-refractivity contribution is -0.0543. The van der Waals surface area contributed by atoms with E-state index in [1.807, 2.05) is 0 Å². The van der Waals surface area contributed by atoms with Crippen LogP contribution in [0.25, 0.3) is 0 Å². The fraction of sp³-hybridized carbons (Fsp3) is 1.00. The number of rotatable bonds is 3. The van der Waals surface area contributed by atoms with Gasteiger partial charge in [-0.3, -0.25) is 4.90 Å². The molecule has 0 spiro atoms. The third-order valence-electron chi connectivity index (χ3n) is 4.21. The van der Waals surface area contributed by atoms with Crippen LogP contribution in [0.15, 0.2) is 0 Å². The molecule has 1 aliphatic carbocycles. The van der Waals surface area contributed by atoms with Gasteiger partial charge in [0.25, 0.3) is 0 Å². The van der Waals surface area contributed by atoms with Gasteiger partial charge in [0.15, 0.2) is 0 Å². The zero-order valence-corrected chi connectivity index (χ0v) is 10.6. The van der Waals surface area contributed by atoms with E-state index < -0.39 is 0 Å². The molecule has 0 aromatic rings. The quantitative estimate of drug-likeness (QED) is 0.795. The van der Waals surface area contributed by atoms with Crippen LogP contribution in [0.4, 0.5) is 0 Å². The van der Waals surface area contributed by atoms with Crippen molar-refractivity contribution in [2.45, 2.75) is 51.2 Å². The second-order valence-corrected chi connectivity index (χ2v) is 5.90. The molecular formula is C13H25NO2. The minimum atomic E-state index is -0.0378. The van der Waals surface area contributed by atoms with Gasteiger partial charge < -0.3 is 9.84 Å². The van der Waals surface area contributed by atoms with Crippen molar-refractivity contribution >= 4 is 0 Å². The first-order valence-electron chi connectivity index (χ1n) is 6.60. The third-order valence-corrected chi connectivity index (χ3v) is 4.21. The van der Waals surface area contributed by atoms with Gasteiger partial charge in [0, 0.05) is 12.1 Å². The van der Waals surface area contributed by atoms with Gasteiger partial charge in [0.05, 0.1) is 19.3 Å². The Bertz CT molecular complexity index is 230. The van der Waals surface area contributed by atoms with Crippen LogP contribution in [0.2, 0.25) is 0 Å². The largest absolute Gasteiger partial charge is 0.393 e. The highest BCUT2D eigenvalue weighted by molar-refractivity contribution is 4.86. The monoisotopic (exact) mass is 227 g/mol. The SMILES string of the molecule is CC1(C)COCCN1CCC1CCCC1O. The van der Waals surface area contributed by atoms with E-state index in [2.05, 4.69) is 18.7 Å². The summed E-state index contributed by atoms with van der Waals surface area (Å²) in [5.74, 6) is 0.540. The first kappa shape index (κ1) is 12.3. The van der Waals surface area contributed by atoms with Gasteiger partial charge in [-0.1, -0.05) is 6.42 Å². The highest BCUT2D eigenvalue weighted by Crippen LogP contribution is 2.29. The summed E-state index contributed by atoms with van der Waals surface area (Å²) in [6.07, 6.45) is 4.54. The Kier molecular flexibility index (Phi) is 3.88. The Hall–Kier alpha value is -0.120. The molecule has 1 saturated heterocycles. The summed E-state index contributed by atoms with van der Waals surface area (Å²) in [5, 5.41) is 9.81. The predicted molar refractivity (Wildman–Crippen MR) is 64.4 cm³/mol. The minimum Gasteiger partial charge on any atom is -0.393 e. The standard InChI is InChI=1S/C13H25NO2/c1-13(2)10-16-9-8-14(13)7-6-11-4-3-5-12(11)15/h11-12,15H,3-10H2,1-2H3. The Labute approximate surface area is 98.8 Å². The lowest BCUT2D eigenvalue weighted by Gasteiger charge is -2.42. The number of aliphatic hydroxyl groups is 1. The summed E-state index contributed by atoms with van der Waals surface area (Å²) >= 11 is 0. The molecule has 2 atom stereocenters. The van der Waals surface area contributed by atoms with Gasteiger partial charge in [-0.15, -0.1) is 0 Å². The number of aliphatic hydroxyl groups excluding tert-OH is 1. The molecule has 1 aliphatic heterocycles. The van der Waals surface area contributed by atoms with Gasteiger partial charge in [-0.25, -0.2) is 0 Å². The highest BCUT2D eigenvalue weighted by Gasteiger charge is 2.32. The summed E-state index contributed by atoms with van der Waals surface area (Å²) < 4.78 is 5.52. The first-order valence-corrected chi connectivity index (χ1v) is 6.60. The lowest BCUT2D eigenvalue weighted by atomic mass is 9.98. The summed E-state index contributed by atoms with van der Waals surface area (Å²) in [5.41, 5.74) is 0.168. The van der Waals surface area contributed by atoms with E-state index in [1.165, 1.54) is 12.8 Å². The van der Waals surface area contributed by atoms with Gasteiger partial charge >= 0.3 is 0 Å². The summed E-state index contributed by atoms with van der Waals surface area (Å²) in [6.45, 7) is 8.33. The second kappa shape index (κ2) is 5.03. The maximum Gasteiger partial charge on any atom is 0.0645 e. The van der Waals surface area contributed by atoms with Crippen molar-refractivity contribution in [1.29, 1.82) is 0 Å². The molecule has 0 aromatic heterocycles. The Morgan fingerprint density at radius 3 is 2.81 bits per heavy atom. The van der Waals surface area contributed by atoms with Gasteiger partial charge in [0.1, 0.15) is 0 Å². The van der Waals surface area contributed by atoms with Crippen molar-refractivity contribution in [2.24, 2.45) is 5.92 Å². The molecule has 2 fully saturated rings. The average Bonchev–Trinajstić information content (AvgIpc) is 2.62. The van der Waals surface area contributed by atoms with Gasteiger partial charge in [0.2, 0.25) is 0 Å². The summed E-state index contributed by atoms with van der Waals surface area (Å²) in [6, 6.07) is 0. The van der Waals surface area contributed by atoms with Crippen molar-refractivity contribution in [3.05, 3.63) is 0 Å². The molecule has 0 radical (unpaired) electrons. The van der Waals surface area contributed by atoms with E-state index in [4.69, 9.17) is 4.74 Å². The molecule has 1 saturated carbocycles.